The lowest BCUT2D eigenvalue weighted by atomic mass is 9.90. The first-order chi connectivity index (χ1) is 14.4. The van der Waals surface area contributed by atoms with Crippen molar-refractivity contribution in [3.8, 4) is 5.75 Å². The van der Waals surface area contributed by atoms with Crippen molar-refractivity contribution in [3.63, 3.8) is 0 Å². The fraction of sp³-hybridized carbons (Fsp3) is 0.273. The Hall–Kier alpha value is -2.58. The molecule has 2 N–H and O–H groups in total. The van der Waals surface area contributed by atoms with E-state index < -0.39 is 40.6 Å². The van der Waals surface area contributed by atoms with Crippen molar-refractivity contribution >= 4 is 27.4 Å². The molecule has 2 aliphatic heterocycles. The van der Waals surface area contributed by atoms with Crippen LogP contribution in [-0.2, 0) is 17.4 Å². The molecule has 4 nitrogen and oxygen atoms in total. The van der Waals surface area contributed by atoms with Crippen molar-refractivity contribution < 1.29 is 22.1 Å². The Labute approximate surface area is 174 Å². The maximum absolute atomic E-state index is 14.3. The normalized spacial score (nSPS) is 23.5. The second-order valence-corrected chi connectivity index (χ2v) is 9.12. The Morgan fingerprint density at radius 3 is 2.57 bits per heavy atom. The lowest BCUT2D eigenvalue weighted by Gasteiger charge is -2.33. The quantitative estimate of drug-likeness (QED) is 0.620. The van der Waals surface area contributed by atoms with E-state index in [0.29, 0.717) is 24.0 Å². The standard InChI is InChI=1S/C22H19F3N2O2S/c23-17-11-19(25)18(24)9-16(17)22-20(26)10-15-14-8-13(27-6-1-7-30(27)28)4-2-12(14)3-5-21(15)29-22/h2-5,8-9,11,20,22H,1,6-7,10,26H2/t20?,22-,30?/m1/s1. The van der Waals surface area contributed by atoms with Gasteiger partial charge in [0.2, 0.25) is 0 Å². The molecule has 3 aromatic carbocycles. The molecule has 156 valence electrons. The Balaban J connectivity index is 1.56. The SMILES string of the molecule is NC1Cc2c(ccc3ccc(N4CCCS4=O)cc23)O[C@@H]1c1cc(F)c(F)cc1F. The first kappa shape index (κ1) is 19.4. The van der Waals surface area contributed by atoms with E-state index in [0.717, 1.165) is 41.1 Å². The van der Waals surface area contributed by atoms with Gasteiger partial charge in [-0.1, -0.05) is 12.1 Å². The fourth-order valence-electron chi connectivity index (χ4n) is 4.23. The van der Waals surface area contributed by atoms with Gasteiger partial charge in [0.25, 0.3) is 0 Å². The van der Waals surface area contributed by atoms with Crippen molar-refractivity contribution in [2.45, 2.75) is 25.0 Å². The van der Waals surface area contributed by atoms with Gasteiger partial charge in [0, 0.05) is 35.2 Å². The summed E-state index contributed by atoms with van der Waals surface area (Å²) in [6.45, 7) is 0.737. The van der Waals surface area contributed by atoms with Gasteiger partial charge in [0.05, 0.1) is 6.04 Å². The Morgan fingerprint density at radius 1 is 1.03 bits per heavy atom. The van der Waals surface area contributed by atoms with Crippen molar-refractivity contribution in [1.82, 2.24) is 0 Å². The number of nitrogens with zero attached hydrogens (tertiary/aromatic N) is 1. The second kappa shape index (κ2) is 7.28. The molecule has 1 saturated heterocycles. The molecule has 30 heavy (non-hydrogen) atoms. The monoisotopic (exact) mass is 432 g/mol. The van der Waals surface area contributed by atoms with Crippen molar-refractivity contribution in [2.75, 3.05) is 16.6 Å². The van der Waals surface area contributed by atoms with Gasteiger partial charge >= 0.3 is 0 Å². The van der Waals surface area contributed by atoms with Gasteiger partial charge in [-0.3, -0.25) is 4.31 Å². The average molecular weight is 432 g/mol. The molecule has 3 aromatic rings. The summed E-state index contributed by atoms with van der Waals surface area (Å²) in [5.41, 5.74) is 7.92. The Bertz CT molecular complexity index is 1190. The third kappa shape index (κ3) is 3.15. The van der Waals surface area contributed by atoms with Gasteiger partial charge in [-0.2, -0.15) is 0 Å². The van der Waals surface area contributed by atoms with Gasteiger partial charge in [-0.15, -0.1) is 0 Å². The summed E-state index contributed by atoms with van der Waals surface area (Å²) in [4.78, 5) is 0. The van der Waals surface area contributed by atoms with E-state index in [1.807, 2.05) is 28.6 Å². The molecular weight excluding hydrogens is 413 g/mol. The summed E-state index contributed by atoms with van der Waals surface area (Å²) >= 11 is 0. The van der Waals surface area contributed by atoms with E-state index in [9.17, 15) is 17.4 Å². The van der Waals surface area contributed by atoms with Gasteiger partial charge in [0.1, 0.15) is 28.7 Å². The summed E-state index contributed by atoms with van der Waals surface area (Å²) in [5.74, 6) is -2.11. The van der Waals surface area contributed by atoms with E-state index in [1.54, 1.807) is 6.07 Å². The highest BCUT2D eigenvalue weighted by Crippen LogP contribution is 2.40. The molecular formula is C22H19F3N2O2S. The van der Waals surface area contributed by atoms with Crippen LogP contribution < -0.4 is 14.8 Å². The molecule has 2 aliphatic rings. The van der Waals surface area contributed by atoms with Crippen LogP contribution in [0.1, 0.15) is 23.7 Å². The van der Waals surface area contributed by atoms with E-state index >= 15 is 0 Å². The molecule has 0 spiro atoms. The fourth-order valence-corrected chi connectivity index (χ4v) is 5.51. The maximum atomic E-state index is 14.3. The summed E-state index contributed by atoms with van der Waals surface area (Å²) in [7, 11) is -1.03. The number of fused-ring (bicyclic) bond motifs is 3. The number of rotatable bonds is 2. The van der Waals surface area contributed by atoms with Crippen LogP contribution in [-0.4, -0.2) is 22.5 Å². The molecule has 0 aromatic heterocycles. The summed E-state index contributed by atoms with van der Waals surface area (Å²) in [6, 6.07) is 10.2. The van der Waals surface area contributed by atoms with Gasteiger partial charge in [-0.05, 0) is 47.9 Å². The molecule has 0 radical (unpaired) electrons. The zero-order valence-corrected chi connectivity index (χ0v) is 16.7. The first-order valence-corrected chi connectivity index (χ1v) is 11.0. The zero-order chi connectivity index (χ0) is 21.0. The van der Waals surface area contributed by atoms with E-state index in [4.69, 9.17) is 10.5 Å². The Kier molecular flexibility index (Phi) is 4.71. The molecule has 0 bridgehead atoms. The highest BCUT2D eigenvalue weighted by atomic mass is 32.2. The number of ether oxygens (including phenoxy) is 1. The van der Waals surface area contributed by atoms with E-state index in [1.165, 1.54) is 0 Å². The first-order valence-electron chi connectivity index (χ1n) is 9.71. The number of hydrogen-bond acceptors (Lipinski definition) is 3. The number of halogens is 3. The maximum Gasteiger partial charge on any atom is 0.161 e. The second-order valence-electron chi connectivity index (χ2n) is 7.62. The van der Waals surface area contributed by atoms with Crippen molar-refractivity contribution in [2.24, 2.45) is 5.73 Å². The lowest BCUT2D eigenvalue weighted by molar-refractivity contribution is 0.149. The predicted octanol–water partition coefficient (Wildman–Crippen LogP) is 4.13. The molecule has 1 fully saturated rings. The van der Waals surface area contributed by atoms with Gasteiger partial charge in [-0.25, -0.2) is 17.4 Å². The van der Waals surface area contributed by atoms with Crippen LogP contribution in [0, 0.1) is 17.5 Å². The van der Waals surface area contributed by atoms with Crippen LogP contribution in [0.2, 0.25) is 0 Å². The van der Waals surface area contributed by atoms with Gasteiger partial charge < -0.3 is 10.5 Å². The minimum atomic E-state index is -1.25. The van der Waals surface area contributed by atoms with Crippen molar-refractivity contribution in [3.05, 3.63) is 71.0 Å². The average Bonchev–Trinajstić information content (AvgIpc) is 3.16. The van der Waals surface area contributed by atoms with E-state index in [-0.39, 0.29) is 5.56 Å². The molecule has 2 heterocycles. The topological polar surface area (TPSA) is 55.6 Å². The number of benzene rings is 3. The Morgan fingerprint density at radius 2 is 1.80 bits per heavy atom. The molecule has 0 aliphatic carbocycles. The molecule has 2 unspecified atom stereocenters. The third-order valence-corrected chi connectivity index (χ3v) is 7.24. The number of anilines is 1. The third-order valence-electron chi connectivity index (χ3n) is 5.72. The molecule has 0 saturated carbocycles. The largest absolute Gasteiger partial charge is 0.484 e. The van der Waals surface area contributed by atoms with Gasteiger partial charge in [0.15, 0.2) is 11.6 Å². The number of nitrogens with two attached hydrogens (primary N) is 1. The van der Waals surface area contributed by atoms with Crippen molar-refractivity contribution in [1.29, 1.82) is 0 Å². The summed E-state index contributed by atoms with van der Waals surface area (Å²) in [5, 5.41) is 1.91. The predicted molar refractivity (Wildman–Crippen MR) is 110 cm³/mol. The van der Waals surface area contributed by atoms with Crippen LogP contribution in [0.25, 0.3) is 10.8 Å². The van der Waals surface area contributed by atoms with Crippen LogP contribution in [0.3, 0.4) is 0 Å². The molecule has 8 heteroatoms. The van der Waals surface area contributed by atoms with Crippen LogP contribution in [0.4, 0.5) is 18.9 Å². The van der Waals surface area contributed by atoms with Crippen LogP contribution in [0.15, 0.2) is 42.5 Å². The summed E-state index contributed by atoms with van der Waals surface area (Å²) in [6.07, 6.45) is 0.328. The molecule has 0 amide bonds. The van der Waals surface area contributed by atoms with Crippen LogP contribution in [0.5, 0.6) is 5.75 Å². The molecule has 3 atom stereocenters. The lowest BCUT2D eigenvalue weighted by Crippen LogP contribution is -2.38. The van der Waals surface area contributed by atoms with Crippen LogP contribution >= 0.6 is 0 Å². The highest BCUT2D eigenvalue weighted by molar-refractivity contribution is 7.86. The smallest absolute Gasteiger partial charge is 0.161 e. The zero-order valence-electron chi connectivity index (χ0n) is 15.9. The minimum Gasteiger partial charge on any atom is -0.484 e. The highest BCUT2D eigenvalue weighted by Gasteiger charge is 2.33. The summed E-state index contributed by atoms with van der Waals surface area (Å²) < 4.78 is 61.4. The molecule has 5 rings (SSSR count). The van der Waals surface area contributed by atoms with E-state index in [2.05, 4.69) is 0 Å². The minimum absolute atomic E-state index is 0.103. The number of hydrogen-bond donors (Lipinski definition) is 1.